The van der Waals surface area contributed by atoms with Crippen LogP contribution < -0.4 is 5.32 Å². The Balaban J connectivity index is 1.79. The monoisotopic (exact) mass is 362 g/mol. The molecule has 0 radical (unpaired) electrons. The molecule has 0 bridgehead atoms. The molecule has 1 aromatic heterocycles. The van der Waals surface area contributed by atoms with Gasteiger partial charge in [-0.3, -0.25) is 9.59 Å². The molecule has 0 aliphatic rings. The first-order valence-corrected chi connectivity index (χ1v) is 9.71. The summed E-state index contributed by atoms with van der Waals surface area (Å²) in [5.41, 5.74) is 2.86. The fraction of sp³-hybridized carbons (Fsp3) is 0.333. The molecule has 128 valence electrons. The third-order valence-corrected chi connectivity index (χ3v) is 5.63. The van der Waals surface area contributed by atoms with Crippen LogP contribution in [0.5, 0.6) is 0 Å². The maximum atomic E-state index is 12.2. The van der Waals surface area contributed by atoms with Crippen LogP contribution in [0.15, 0.2) is 35.7 Å². The molecule has 0 aliphatic carbocycles. The van der Waals surface area contributed by atoms with Gasteiger partial charge in [0.1, 0.15) is 0 Å². The van der Waals surface area contributed by atoms with Crippen LogP contribution in [0.3, 0.4) is 0 Å². The van der Waals surface area contributed by atoms with Gasteiger partial charge in [-0.1, -0.05) is 24.3 Å². The molecule has 0 saturated carbocycles. The highest BCUT2D eigenvalue weighted by atomic mass is 32.2. The number of aryl methyl sites for hydroxylation is 2. The molecular formula is C18H22N2O2S2. The first-order chi connectivity index (χ1) is 11.5. The van der Waals surface area contributed by atoms with Crippen molar-refractivity contribution < 1.29 is 9.59 Å². The van der Waals surface area contributed by atoms with Crippen molar-refractivity contribution in [1.82, 2.24) is 4.90 Å². The standard InChI is InChI=1S/C18H22N2O2S2/c1-13-6-4-7-14(2)18(13)19-16(21)10-20(3)17(22)12-23-11-15-8-5-9-24-15/h4-9H,10-12H2,1-3H3,(H,19,21). The molecule has 0 spiro atoms. The molecule has 1 heterocycles. The van der Waals surface area contributed by atoms with Gasteiger partial charge >= 0.3 is 0 Å². The maximum absolute atomic E-state index is 12.2. The number of thioether (sulfide) groups is 1. The number of carbonyl (C=O) groups excluding carboxylic acids is 2. The highest BCUT2D eigenvalue weighted by Gasteiger charge is 2.14. The van der Waals surface area contributed by atoms with E-state index in [2.05, 4.69) is 11.4 Å². The second-order valence-corrected chi connectivity index (χ2v) is 7.65. The smallest absolute Gasteiger partial charge is 0.243 e. The summed E-state index contributed by atoms with van der Waals surface area (Å²) in [4.78, 5) is 27.0. The van der Waals surface area contributed by atoms with E-state index >= 15 is 0 Å². The predicted molar refractivity (Wildman–Crippen MR) is 103 cm³/mol. The maximum Gasteiger partial charge on any atom is 0.243 e. The SMILES string of the molecule is Cc1cccc(C)c1NC(=O)CN(C)C(=O)CSCc1cccs1. The van der Waals surface area contributed by atoms with E-state index < -0.39 is 0 Å². The van der Waals surface area contributed by atoms with Crippen LogP contribution in [0.4, 0.5) is 5.69 Å². The Kier molecular flexibility index (Phi) is 6.87. The Morgan fingerprint density at radius 3 is 2.50 bits per heavy atom. The molecular weight excluding hydrogens is 340 g/mol. The number of anilines is 1. The Bertz CT molecular complexity index is 679. The van der Waals surface area contributed by atoms with Crippen molar-refractivity contribution in [3.63, 3.8) is 0 Å². The van der Waals surface area contributed by atoms with Crippen molar-refractivity contribution in [2.75, 3.05) is 24.7 Å². The number of rotatable bonds is 7. The summed E-state index contributed by atoms with van der Waals surface area (Å²) in [5, 5.41) is 4.93. The normalized spacial score (nSPS) is 10.5. The third kappa shape index (κ3) is 5.39. The molecule has 0 fully saturated rings. The molecule has 2 amide bonds. The van der Waals surface area contributed by atoms with E-state index in [0.717, 1.165) is 22.6 Å². The molecule has 0 unspecified atom stereocenters. The van der Waals surface area contributed by atoms with Crippen molar-refractivity contribution in [3.8, 4) is 0 Å². The van der Waals surface area contributed by atoms with Crippen LogP contribution in [0.1, 0.15) is 16.0 Å². The van der Waals surface area contributed by atoms with Crippen molar-refractivity contribution in [3.05, 3.63) is 51.7 Å². The first-order valence-electron chi connectivity index (χ1n) is 7.67. The van der Waals surface area contributed by atoms with Crippen LogP contribution in [-0.4, -0.2) is 36.1 Å². The minimum atomic E-state index is -0.175. The molecule has 0 aliphatic heterocycles. The van der Waals surface area contributed by atoms with Gasteiger partial charge in [0.2, 0.25) is 11.8 Å². The lowest BCUT2D eigenvalue weighted by Crippen LogP contribution is -2.36. The van der Waals surface area contributed by atoms with Crippen LogP contribution in [0.25, 0.3) is 0 Å². The van der Waals surface area contributed by atoms with Gasteiger partial charge in [0.25, 0.3) is 0 Å². The molecule has 24 heavy (non-hydrogen) atoms. The Morgan fingerprint density at radius 2 is 1.88 bits per heavy atom. The fourth-order valence-corrected chi connectivity index (χ4v) is 4.04. The van der Waals surface area contributed by atoms with E-state index in [1.807, 2.05) is 43.5 Å². The van der Waals surface area contributed by atoms with E-state index in [0.29, 0.717) is 5.75 Å². The number of carbonyl (C=O) groups is 2. The highest BCUT2D eigenvalue weighted by Crippen LogP contribution is 2.19. The summed E-state index contributed by atoms with van der Waals surface area (Å²) in [6.07, 6.45) is 0. The van der Waals surface area contributed by atoms with Gasteiger partial charge in [-0.2, -0.15) is 0 Å². The van der Waals surface area contributed by atoms with Gasteiger partial charge < -0.3 is 10.2 Å². The van der Waals surface area contributed by atoms with Gasteiger partial charge in [-0.15, -0.1) is 23.1 Å². The van der Waals surface area contributed by atoms with E-state index in [-0.39, 0.29) is 18.4 Å². The van der Waals surface area contributed by atoms with Crippen LogP contribution in [0.2, 0.25) is 0 Å². The largest absolute Gasteiger partial charge is 0.336 e. The quantitative estimate of drug-likeness (QED) is 0.817. The van der Waals surface area contributed by atoms with Crippen molar-refractivity contribution in [2.24, 2.45) is 0 Å². The second-order valence-electron chi connectivity index (χ2n) is 5.64. The summed E-state index contributed by atoms with van der Waals surface area (Å²) >= 11 is 3.26. The van der Waals surface area contributed by atoms with Crippen LogP contribution in [-0.2, 0) is 15.3 Å². The second kappa shape index (κ2) is 8.89. The minimum absolute atomic E-state index is 0.0341. The molecule has 2 rings (SSSR count). The molecule has 4 nitrogen and oxygen atoms in total. The number of nitrogens with zero attached hydrogens (tertiary/aromatic N) is 1. The Morgan fingerprint density at radius 1 is 1.17 bits per heavy atom. The molecule has 1 N–H and O–H groups in total. The number of nitrogens with one attached hydrogen (secondary N) is 1. The Hall–Kier alpha value is -1.79. The Labute approximate surface area is 151 Å². The average Bonchev–Trinajstić information content (AvgIpc) is 3.04. The molecule has 2 aromatic rings. The van der Waals surface area contributed by atoms with E-state index in [1.54, 1.807) is 30.1 Å². The van der Waals surface area contributed by atoms with Gasteiger partial charge in [-0.05, 0) is 36.4 Å². The van der Waals surface area contributed by atoms with E-state index in [1.165, 1.54) is 9.78 Å². The van der Waals surface area contributed by atoms with Gasteiger partial charge in [-0.25, -0.2) is 0 Å². The predicted octanol–water partition coefficient (Wildman–Crippen LogP) is 3.70. The lowest BCUT2D eigenvalue weighted by atomic mass is 10.1. The number of amides is 2. The molecule has 0 atom stereocenters. The third-order valence-electron chi connectivity index (χ3n) is 3.60. The topological polar surface area (TPSA) is 49.4 Å². The van der Waals surface area contributed by atoms with Gasteiger partial charge in [0.15, 0.2) is 0 Å². The lowest BCUT2D eigenvalue weighted by Gasteiger charge is -2.18. The fourth-order valence-electron chi connectivity index (χ4n) is 2.24. The first kappa shape index (κ1) is 18.5. The van der Waals surface area contributed by atoms with Crippen molar-refractivity contribution in [2.45, 2.75) is 19.6 Å². The number of hydrogen-bond acceptors (Lipinski definition) is 4. The van der Waals surface area contributed by atoms with Crippen LogP contribution >= 0.6 is 23.1 Å². The average molecular weight is 363 g/mol. The van der Waals surface area contributed by atoms with E-state index in [9.17, 15) is 9.59 Å². The number of para-hydroxylation sites is 1. The highest BCUT2D eigenvalue weighted by molar-refractivity contribution is 7.99. The zero-order chi connectivity index (χ0) is 17.5. The summed E-state index contributed by atoms with van der Waals surface area (Å²) < 4.78 is 0. The summed E-state index contributed by atoms with van der Waals surface area (Å²) in [5.74, 6) is 0.997. The number of likely N-dealkylation sites (N-methyl/N-ethyl adjacent to an activating group) is 1. The minimum Gasteiger partial charge on any atom is -0.336 e. The summed E-state index contributed by atoms with van der Waals surface area (Å²) in [6.45, 7) is 3.98. The molecule has 1 aromatic carbocycles. The summed E-state index contributed by atoms with van der Waals surface area (Å²) in [6, 6.07) is 9.94. The summed E-state index contributed by atoms with van der Waals surface area (Å²) in [7, 11) is 1.67. The van der Waals surface area contributed by atoms with Crippen molar-refractivity contribution in [1.29, 1.82) is 0 Å². The molecule has 6 heteroatoms. The van der Waals surface area contributed by atoms with Crippen LogP contribution in [0, 0.1) is 13.8 Å². The molecule has 0 saturated heterocycles. The van der Waals surface area contributed by atoms with Gasteiger partial charge in [0, 0.05) is 23.4 Å². The number of thiophene rings is 1. The zero-order valence-electron chi connectivity index (χ0n) is 14.2. The number of hydrogen-bond donors (Lipinski definition) is 1. The lowest BCUT2D eigenvalue weighted by molar-refractivity contribution is -0.131. The van der Waals surface area contributed by atoms with Crippen molar-refractivity contribution >= 4 is 40.6 Å². The zero-order valence-corrected chi connectivity index (χ0v) is 15.8. The van der Waals surface area contributed by atoms with E-state index in [4.69, 9.17) is 0 Å². The van der Waals surface area contributed by atoms with Gasteiger partial charge in [0.05, 0.1) is 12.3 Å². The number of benzene rings is 1.